The van der Waals surface area contributed by atoms with Gasteiger partial charge in [-0.25, -0.2) is 0 Å². The Balaban J connectivity index is 3.77. The Morgan fingerprint density at radius 2 is 0.971 bits per heavy atom. The molecular formula is C31H60O4. The minimum Gasteiger partial charge on any atom is -0.466 e. The van der Waals surface area contributed by atoms with Crippen LogP contribution in [0.2, 0.25) is 0 Å². The number of unbranched alkanes of at least 4 members (excludes halogenated alkanes) is 16. The number of hydrogen-bond acceptors (Lipinski definition) is 4. The summed E-state index contributed by atoms with van der Waals surface area (Å²) in [4.78, 5) is 24.7. The molecule has 0 aliphatic rings. The van der Waals surface area contributed by atoms with Gasteiger partial charge in [-0.15, -0.1) is 0 Å². The summed E-state index contributed by atoms with van der Waals surface area (Å²) in [6.07, 6.45) is 23.6. The standard InChI is InChI=1S/C31H60O4/c1-6-8-10-12-14-16-17-19-20-22-26-34-29(32)25-24-28(3)31(4,5)30(33)35-27-23-21-18-15-13-11-9-7-2/h28H,6-27H2,1-5H3. The highest BCUT2D eigenvalue weighted by atomic mass is 16.5. The fourth-order valence-electron chi connectivity index (χ4n) is 4.33. The van der Waals surface area contributed by atoms with Crippen molar-refractivity contribution in [2.24, 2.45) is 11.3 Å². The lowest BCUT2D eigenvalue weighted by atomic mass is 9.77. The first-order chi connectivity index (χ1) is 16.9. The van der Waals surface area contributed by atoms with Gasteiger partial charge in [-0.1, -0.05) is 124 Å². The minimum absolute atomic E-state index is 0.0680. The van der Waals surface area contributed by atoms with Crippen LogP contribution in [0, 0.1) is 11.3 Å². The van der Waals surface area contributed by atoms with Crippen molar-refractivity contribution in [3.8, 4) is 0 Å². The summed E-state index contributed by atoms with van der Waals surface area (Å²) in [7, 11) is 0. The Bertz CT molecular complexity index is 500. The molecule has 0 fully saturated rings. The van der Waals surface area contributed by atoms with Crippen molar-refractivity contribution in [2.75, 3.05) is 13.2 Å². The van der Waals surface area contributed by atoms with Gasteiger partial charge >= 0.3 is 11.9 Å². The first kappa shape index (κ1) is 33.9. The highest BCUT2D eigenvalue weighted by molar-refractivity contribution is 5.76. The number of hydrogen-bond donors (Lipinski definition) is 0. The van der Waals surface area contributed by atoms with E-state index in [1.165, 1.54) is 89.9 Å². The molecule has 0 rings (SSSR count). The van der Waals surface area contributed by atoms with Crippen LogP contribution in [-0.2, 0) is 19.1 Å². The summed E-state index contributed by atoms with van der Waals surface area (Å²) in [6.45, 7) is 11.4. The van der Waals surface area contributed by atoms with E-state index in [2.05, 4.69) is 13.8 Å². The third-order valence-corrected chi connectivity index (χ3v) is 7.53. The molecule has 1 unspecified atom stereocenters. The number of rotatable bonds is 25. The molecule has 0 heterocycles. The van der Waals surface area contributed by atoms with E-state index in [0.29, 0.717) is 26.1 Å². The van der Waals surface area contributed by atoms with Crippen LogP contribution in [0.15, 0.2) is 0 Å². The molecule has 0 aliphatic carbocycles. The van der Waals surface area contributed by atoms with Crippen LogP contribution < -0.4 is 0 Å². The Morgan fingerprint density at radius 1 is 0.600 bits per heavy atom. The molecule has 0 saturated carbocycles. The molecule has 0 amide bonds. The second-order valence-electron chi connectivity index (χ2n) is 11.2. The van der Waals surface area contributed by atoms with Crippen LogP contribution in [-0.4, -0.2) is 25.2 Å². The zero-order valence-electron chi connectivity index (χ0n) is 24.3. The highest BCUT2D eigenvalue weighted by Gasteiger charge is 2.35. The monoisotopic (exact) mass is 496 g/mol. The Labute approximate surface area is 218 Å². The second-order valence-corrected chi connectivity index (χ2v) is 11.2. The van der Waals surface area contributed by atoms with Gasteiger partial charge in [0.25, 0.3) is 0 Å². The maximum Gasteiger partial charge on any atom is 0.311 e. The lowest BCUT2D eigenvalue weighted by molar-refractivity contribution is -0.158. The first-order valence-electron chi connectivity index (χ1n) is 15.2. The van der Waals surface area contributed by atoms with Gasteiger partial charge in [-0.2, -0.15) is 0 Å². The Kier molecular flexibility index (Phi) is 22.6. The third-order valence-electron chi connectivity index (χ3n) is 7.53. The fraction of sp³-hybridized carbons (Fsp3) is 0.935. The summed E-state index contributed by atoms with van der Waals surface area (Å²) in [5.41, 5.74) is -0.586. The average molecular weight is 497 g/mol. The largest absolute Gasteiger partial charge is 0.466 e. The van der Waals surface area contributed by atoms with Gasteiger partial charge in [-0.3, -0.25) is 9.59 Å². The van der Waals surface area contributed by atoms with Crippen LogP contribution in [0.3, 0.4) is 0 Å². The van der Waals surface area contributed by atoms with E-state index in [0.717, 1.165) is 25.7 Å². The van der Waals surface area contributed by atoms with Crippen molar-refractivity contribution in [1.82, 2.24) is 0 Å². The highest BCUT2D eigenvalue weighted by Crippen LogP contribution is 2.32. The molecular weight excluding hydrogens is 436 g/mol. The van der Waals surface area contributed by atoms with Gasteiger partial charge in [0.2, 0.25) is 0 Å². The number of carbonyl (C=O) groups excluding carboxylic acids is 2. The molecule has 0 aromatic carbocycles. The van der Waals surface area contributed by atoms with Crippen molar-refractivity contribution in [3.63, 3.8) is 0 Å². The Morgan fingerprint density at radius 3 is 1.40 bits per heavy atom. The molecule has 4 nitrogen and oxygen atoms in total. The predicted molar refractivity (Wildman–Crippen MR) is 149 cm³/mol. The van der Waals surface area contributed by atoms with Crippen molar-refractivity contribution in [3.05, 3.63) is 0 Å². The van der Waals surface area contributed by atoms with Crippen LogP contribution >= 0.6 is 0 Å². The summed E-state index contributed by atoms with van der Waals surface area (Å²) >= 11 is 0. The van der Waals surface area contributed by atoms with Gasteiger partial charge in [0, 0.05) is 6.42 Å². The van der Waals surface area contributed by atoms with Crippen LogP contribution in [0.5, 0.6) is 0 Å². The fourth-order valence-corrected chi connectivity index (χ4v) is 4.33. The molecule has 1 atom stereocenters. The van der Waals surface area contributed by atoms with Gasteiger partial charge in [0.1, 0.15) is 0 Å². The van der Waals surface area contributed by atoms with Gasteiger partial charge in [-0.05, 0) is 39.0 Å². The van der Waals surface area contributed by atoms with Crippen LogP contribution in [0.4, 0.5) is 0 Å². The van der Waals surface area contributed by atoms with Crippen molar-refractivity contribution in [2.45, 2.75) is 163 Å². The summed E-state index contributed by atoms with van der Waals surface area (Å²) in [6, 6.07) is 0. The topological polar surface area (TPSA) is 52.6 Å². The van der Waals surface area contributed by atoms with Crippen LogP contribution in [0.1, 0.15) is 163 Å². The molecule has 4 heteroatoms. The van der Waals surface area contributed by atoms with Crippen molar-refractivity contribution in [1.29, 1.82) is 0 Å². The smallest absolute Gasteiger partial charge is 0.311 e. The number of carbonyl (C=O) groups is 2. The summed E-state index contributed by atoms with van der Waals surface area (Å²) in [5, 5.41) is 0. The average Bonchev–Trinajstić information content (AvgIpc) is 2.84. The van der Waals surface area contributed by atoms with E-state index in [9.17, 15) is 9.59 Å². The quantitative estimate of drug-likeness (QED) is 0.0932. The molecule has 0 N–H and O–H groups in total. The number of esters is 2. The number of ether oxygens (including phenoxy) is 2. The zero-order valence-corrected chi connectivity index (χ0v) is 24.3. The van der Waals surface area contributed by atoms with E-state index in [-0.39, 0.29) is 17.9 Å². The molecule has 0 saturated heterocycles. The molecule has 35 heavy (non-hydrogen) atoms. The first-order valence-corrected chi connectivity index (χ1v) is 15.2. The maximum absolute atomic E-state index is 12.6. The van der Waals surface area contributed by atoms with Crippen molar-refractivity contribution < 1.29 is 19.1 Å². The van der Waals surface area contributed by atoms with E-state index in [1.54, 1.807) is 0 Å². The molecule has 0 radical (unpaired) electrons. The SMILES string of the molecule is CCCCCCCCCCCCOC(=O)CCC(C)C(C)(C)C(=O)OCCCCCCCCCC. The van der Waals surface area contributed by atoms with Crippen LogP contribution in [0.25, 0.3) is 0 Å². The maximum atomic E-state index is 12.6. The molecule has 0 spiro atoms. The minimum atomic E-state index is -0.586. The lowest BCUT2D eigenvalue weighted by Crippen LogP contribution is -2.34. The second kappa shape index (κ2) is 23.3. The summed E-state index contributed by atoms with van der Waals surface area (Å²) < 4.78 is 11.0. The summed E-state index contributed by atoms with van der Waals surface area (Å²) in [5.74, 6) is -0.221. The molecule has 0 aliphatic heterocycles. The van der Waals surface area contributed by atoms with E-state index in [1.807, 2.05) is 20.8 Å². The van der Waals surface area contributed by atoms with E-state index >= 15 is 0 Å². The van der Waals surface area contributed by atoms with E-state index in [4.69, 9.17) is 9.47 Å². The normalized spacial score (nSPS) is 12.5. The molecule has 0 bridgehead atoms. The van der Waals surface area contributed by atoms with E-state index < -0.39 is 5.41 Å². The molecule has 0 aromatic rings. The molecule has 0 aromatic heterocycles. The Hall–Kier alpha value is -1.06. The van der Waals surface area contributed by atoms with Gasteiger partial charge < -0.3 is 9.47 Å². The molecule has 208 valence electrons. The predicted octanol–water partition coefficient (Wildman–Crippen LogP) is 9.58. The lowest BCUT2D eigenvalue weighted by Gasteiger charge is -2.29. The van der Waals surface area contributed by atoms with Crippen molar-refractivity contribution >= 4 is 11.9 Å². The third kappa shape index (κ3) is 19.8. The van der Waals surface area contributed by atoms with Gasteiger partial charge in [0.05, 0.1) is 18.6 Å². The van der Waals surface area contributed by atoms with Gasteiger partial charge in [0.15, 0.2) is 0 Å². The zero-order chi connectivity index (χ0) is 26.2.